The molecule has 0 bridgehead atoms. The Morgan fingerprint density at radius 2 is 2.00 bits per heavy atom. The topological polar surface area (TPSA) is 38.3 Å². The van der Waals surface area contributed by atoms with Gasteiger partial charge in [-0.15, -0.1) is 0 Å². The van der Waals surface area contributed by atoms with Crippen molar-refractivity contribution in [2.24, 2.45) is 0 Å². The van der Waals surface area contributed by atoms with Gasteiger partial charge in [0.15, 0.2) is 23.0 Å². The lowest BCUT2D eigenvalue weighted by atomic mass is 10.3. The molecule has 0 aliphatic carbocycles. The molecule has 3 nitrogen and oxygen atoms in total. The normalized spacial score (nSPS) is 13.3. The van der Waals surface area contributed by atoms with Gasteiger partial charge in [-0.1, -0.05) is 13.8 Å². The van der Waals surface area contributed by atoms with Crippen molar-refractivity contribution in [1.29, 1.82) is 0 Å². The Morgan fingerprint density at radius 3 is 2.30 bits per heavy atom. The first kappa shape index (κ1) is 10.2. The maximum absolute atomic E-state index is 10.8. The van der Waals surface area contributed by atoms with Crippen LogP contribution in [0.3, 0.4) is 0 Å². The van der Waals surface area contributed by atoms with E-state index in [-0.39, 0.29) is 12.0 Å². The average molecular weight is 257 g/mol. The molecule has 0 aliphatic rings. The van der Waals surface area contributed by atoms with Crippen molar-refractivity contribution in [3.05, 3.63) is 0 Å². The minimum absolute atomic E-state index is 0.211. The molecule has 10 heavy (non-hydrogen) atoms. The number of carbonyl (C=O) groups is 1. The van der Waals surface area contributed by atoms with E-state index in [1.807, 2.05) is 13.8 Å². The lowest BCUT2D eigenvalue weighted by Gasteiger charge is -2.12. The first-order valence-electron chi connectivity index (χ1n) is 3.16. The molecule has 0 fully saturated rings. The molecule has 0 saturated carbocycles. The highest BCUT2D eigenvalue weighted by molar-refractivity contribution is 14.1. The Kier molecular flexibility index (Phi) is 4.98. The van der Waals surface area contributed by atoms with E-state index < -0.39 is 0 Å². The molecular formula is C6H12INO2. The van der Waals surface area contributed by atoms with Crippen LogP contribution in [0.15, 0.2) is 0 Å². The van der Waals surface area contributed by atoms with Gasteiger partial charge < -0.3 is 8.38 Å². The first-order chi connectivity index (χ1) is 4.57. The van der Waals surface area contributed by atoms with Gasteiger partial charge in [0, 0.05) is 6.04 Å². The van der Waals surface area contributed by atoms with Gasteiger partial charge >= 0.3 is 5.97 Å². The largest absolute Gasteiger partial charge is 0.393 e. The van der Waals surface area contributed by atoms with Gasteiger partial charge in [-0.25, -0.2) is 4.79 Å². The van der Waals surface area contributed by atoms with Gasteiger partial charge in [0.05, 0.1) is 0 Å². The second-order valence-corrected chi connectivity index (χ2v) is 2.88. The Labute approximate surface area is 75.2 Å². The molecule has 0 aromatic rings. The fourth-order valence-corrected chi connectivity index (χ4v) is 1.02. The average Bonchev–Trinajstić information content (AvgIpc) is 1.85. The summed E-state index contributed by atoms with van der Waals surface area (Å²) in [6, 6.07) is 0.0994. The number of nitrogens with one attached hydrogen (secondary N) is 1. The predicted molar refractivity (Wildman–Crippen MR) is 47.8 cm³/mol. The quantitative estimate of drug-likeness (QED) is 0.773. The Hall–Kier alpha value is 0.160. The second kappa shape index (κ2) is 4.90. The zero-order valence-electron chi connectivity index (χ0n) is 6.35. The van der Waals surface area contributed by atoms with Crippen LogP contribution in [-0.2, 0) is 7.86 Å². The van der Waals surface area contributed by atoms with Crippen LogP contribution in [0.2, 0.25) is 0 Å². The molecular weight excluding hydrogens is 245 g/mol. The fraction of sp³-hybridized carbons (Fsp3) is 0.833. The van der Waals surface area contributed by atoms with E-state index in [9.17, 15) is 4.79 Å². The maximum Gasteiger partial charge on any atom is 0.332 e. The summed E-state index contributed by atoms with van der Waals surface area (Å²) in [6.07, 6.45) is 0. The van der Waals surface area contributed by atoms with E-state index in [0.29, 0.717) is 6.04 Å². The molecule has 0 radical (unpaired) electrons. The van der Waals surface area contributed by atoms with E-state index in [1.165, 1.54) is 0 Å². The zero-order chi connectivity index (χ0) is 8.15. The van der Waals surface area contributed by atoms with Crippen LogP contribution in [-0.4, -0.2) is 18.1 Å². The highest BCUT2D eigenvalue weighted by Crippen LogP contribution is 1.94. The van der Waals surface area contributed by atoms with Gasteiger partial charge in [0.1, 0.15) is 6.04 Å². The molecule has 0 unspecified atom stereocenters. The molecule has 0 amide bonds. The zero-order valence-corrected chi connectivity index (χ0v) is 8.51. The van der Waals surface area contributed by atoms with Crippen LogP contribution in [0, 0.1) is 0 Å². The summed E-state index contributed by atoms with van der Waals surface area (Å²) in [4.78, 5) is 10.8. The molecule has 4 heteroatoms. The SMILES string of the molecule is CC(C)N[C@H](C)C(=O)OI. The summed E-state index contributed by atoms with van der Waals surface area (Å²) in [7, 11) is 0. The molecule has 0 spiro atoms. The lowest BCUT2D eigenvalue weighted by molar-refractivity contribution is -0.133. The number of hydrogen-bond donors (Lipinski definition) is 1. The number of halogens is 1. The summed E-state index contributed by atoms with van der Waals surface area (Å²) in [5.74, 6) is -0.227. The molecule has 0 heterocycles. The molecule has 0 rings (SSSR count). The standard InChI is InChI=1S/C6H12INO2/c1-4(2)8-5(3)6(9)10-7/h4-5,8H,1-3H3/t5-/m1/s1. The Balaban J connectivity index is 3.61. The van der Waals surface area contributed by atoms with E-state index in [4.69, 9.17) is 0 Å². The van der Waals surface area contributed by atoms with Crippen LogP contribution in [0.4, 0.5) is 0 Å². The third kappa shape index (κ3) is 4.05. The molecule has 1 N–H and O–H groups in total. The highest BCUT2D eigenvalue weighted by Gasteiger charge is 2.13. The van der Waals surface area contributed by atoms with Crippen LogP contribution in [0.5, 0.6) is 0 Å². The van der Waals surface area contributed by atoms with Crippen molar-refractivity contribution < 1.29 is 7.86 Å². The van der Waals surface area contributed by atoms with Crippen LogP contribution >= 0.6 is 23.0 Å². The van der Waals surface area contributed by atoms with Crippen molar-refractivity contribution in [2.45, 2.75) is 32.9 Å². The first-order valence-corrected chi connectivity index (χ1v) is 4.04. The number of carbonyl (C=O) groups excluding carboxylic acids is 1. The number of hydrogen-bond acceptors (Lipinski definition) is 3. The molecule has 0 aromatic carbocycles. The smallest absolute Gasteiger partial charge is 0.332 e. The van der Waals surface area contributed by atoms with Gasteiger partial charge in [-0.2, -0.15) is 0 Å². The lowest BCUT2D eigenvalue weighted by Crippen LogP contribution is -2.38. The van der Waals surface area contributed by atoms with Crippen molar-refractivity contribution in [3.8, 4) is 0 Å². The summed E-state index contributed by atoms with van der Waals surface area (Å²) in [6.45, 7) is 5.74. The summed E-state index contributed by atoms with van der Waals surface area (Å²) in [5.41, 5.74) is 0. The van der Waals surface area contributed by atoms with Gasteiger partial charge in [0.25, 0.3) is 0 Å². The van der Waals surface area contributed by atoms with E-state index >= 15 is 0 Å². The van der Waals surface area contributed by atoms with Crippen LogP contribution in [0.25, 0.3) is 0 Å². The summed E-state index contributed by atoms with van der Waals surface area (Å²) >= 11 is 1.59. The van der Waals surface area contributed by atoms with E-state index in [0.717, 1.165) is 0 Å². The third-order valence-corrected chi connectivity index (χ3v) is 1.45. The highest BCUT2D eigenvalue weighted by atomic mass is 127. The molecule has 0 aromatic heterocycles. The Bertz CT molecular complexity index is 116. The monoisotopic (exact) mass is 257 g/mol. The third-order valence-electron chi connectivity index (χ3n) is 1.01. The van der Waals surface area contributed by atoms with Crippen molar-refractivity contribution >= 4 is 29.0 Å². The molecule has 0 saturated heterocycles. The second-order valence-electron chi connectivity index (χ2n) is 2.44. The minimum atomic E-state index is -0.227. The van der Waals surface area contributed by atoms with E-state index in [1.54, 1.807) is 29.9 Å². The van der Waals surface area contributed by atoms with E-state index in [2.05, 4.69) is 8.38 Å². The van der Waals surface area contributed by atoms with Crippen molar-refractivity contribution in [3.63, 3.8) is 0 Å². The van der Waals surface area contributed by atoms with Crippen LogP contribution in [0.1, 0.15) is 20.8 Å². The van der Waals surface area contributed by atoms with Crippen LogP contribution < -0.4 is 5.32 Å². The van der Waals surface area contributed by atoms with Crippen molar-refractivity contribution in [1.82, 2.24) is 5.32 Å². The van der Waals surface area contributed by atoms with Gasteiger partial charge in [-0.3, -0.25) is 0 Å². The minimum Gasteiger partial charge on any atom is -0.393 e. The number of rotatable bonds is 3. The Morgan fingerprint density at radius 1 is 1.50 bits per heavy atom. The molecule has 0 aliphatic heterocycles. The van der Waals surface area contributed by atoms with Gasteiger partial charge in [-0.05, 0) is 6.92 Å². The summed E-state index contributed by atoms with van der Waals surface area (Å²) < 4.78 is 4.48. The fourth-order valence-electron chi connectivity index (χ4n) is 0.635. The predicted octanol–water partition coefficient (Wildman–Crippen LogP) is 1.27. The van der Waals surface area contributed by atoms with Gasteiger partial charge in [0.2, 0.25) is 0 Å². The molecule has 60 valence electrons. The maximum atomic E-state index is 10.8. The van der Waals surface area contributed by atoms with Crippen molar-refractivity contribution in [2.75, 3.05) is 0 Å². The molecule has 1 atom stereocenters. The summed E-state index contributed by atoms with van der Waals surface area (Å²) in [5, 5.41) is 3.01.